The summed E-state index contributed by atoms with van der Waals surface area (Å²) in [5.41, 5.74) is 0. The minimum Gasteiger partial charge on any atom is -0.260 e. The summed E-state index contributed by atoms with van der Waals surface area (Å²) in [6, 6.07) is 6.24. The van der Waals surface area contributed by atoms with Crippen LogP contribution in [0.5, 0.6) is 0 Å². The molecule has 0 amide bonds. The van der Waals surface area contributed by atoms with E-state index in [1.165, 1.54) is 11.4 Å². The van der Waals surface area contributed by atoms with Crippen molar-refractivity contribution in [1.29, 1.82) is 0 Å². The Kier molecular flexibility index (Phi) is 5.51. The normalized spacial score (nSPS) is 15.6. The van der Waals surface area contributed by atoms with Crippen LogP contribution in [-0.2, 0) is 20.8 Å². The second-order valence-electron chi connectivity index (χ2n) is 4.07. The molecule has 0 spiro atoms. The molecule has 2 atom stereocenters. The van der Waals surface area contributed by atoms with Crippen molar-refractivity contribution < 1.29 is 12.6 Å². The smallest absolute Gasteiger partial charge is 0.243 e. The molecule has 0 saturated carbocycles. The third kappa shape index (κ3) is 3.88. The van der Waals surface area contributed by atoms with Gasteiger partial charge < -0.3 is 0 Å². The number of hydrogen-bond acceptors (Lipinski definition) is 3. The fourth-order valence-corrected chi connectivity index (χ4v) is 4.43. The summed E-state index contributed by atoms with van der Waals surface area (Å²) < 4.78 is 37.8. The molecule has 1 aromatic carbocycles. The first-order chi connectivity index (χ1) is 8.25. The summed E-state index contributed by atoms with van der Waals surface area (Å²) >= 11 is 3.25. The molecule has 0 heterocycles. The highest BCUT2D eigenvalue weighted by Crippen LogP contribution is 2.20. The quantitative estimate of drug-likeness (QED) is 0.811. The van der Waals surface area contributed by atoms with Crippen molar-refractivity contribution in [3.63, 3.8) is 0 Å². The number of sulfonamides is 1. The molecule has 0 fully saturated rings. The maximum Gasteiger partial charge on any atom is 0.243 e. The van der Waals surface area contributed by atoms with Crippen LogP contribution in [0.2, 0.25) is 0 Å². The molecule has 102 valence electrons. The summed E-state index contributed by atoms with van der Waals surface area (Å²) in [6.07, 6.45) is 1.57. The molecule has 0 aliphatic heterocycles. The van der Waals surface area contributed by atoms with Crippen molar-refractivity contribution in [2.45, 2.75) is 17.9 Å². The molecule has 0 saturated heterocycles. The van der Waals surface area contributed by atoms with Crippen LogP contribution >= 0.6 is 15.9 Å². The third-order valence-electron chi connectivity index (χ3n) is 2.57. The van der Waals surface area contributed by atoms with E-state index in [2.05, 4.69) is 15.9 Å². The fraction of sp³-hybridized carbons (Fsp3) is 0.455. The summed E-state index contributed by atoms with van der Waals surface area (Å²) in [7, 11) is -3.06. The SMILES string of the molecule is C[C@H](C[S@@](C)=O)N(C)S(=O)(=O)c1cccc(Br)c1. The van der Waals surface area contributed by atoms with E-state index in [-0.39, 0.29) is 10.9 Å². The average Bonchev–Trinajstić information content (AvgIpc) is 2.27. The van der Waals surface area contributed by atoms with Crippen LogP contribution in [0, 0.1) is 0 Å². The van der Waals surface area contributed by atoms with Crippen LogP contribution in [0.4, 0.5) is 0 Å². The van der Waals surface area contributed by atoms with E-state index >= 15 is 0 Å². The Hall–Kier alpha value is -0.240. The van der Waals surface area contributed by atoms with Gasteiger partial charge in [0, 0.05) is 40.4 Å². The van der Waals surface area contributed by atoms with Gasteiger partial charge in [0.15, 0.2) is 0 Å². The molecular weight excluding hydrogens is 338 g/mol. The standard InChI is InChI=1S/C11H16BrNO3S2/c1-9(8-17(3)14)13(2)18(15,16)11-6-4-5-10(12)7-11/h4-7,9H,8H2,1-3H3/t9-,17-/m1/s1. The second-order valence-corrected chi connectivity index (χ2v) is 8.46. The highest BCUT2D eigenvalue weighted by Gasteiger charge is 2.25. The van der Waals surface area contributed by atoms with E-state index in [1.807, 2.05) is 0 Å². The molecule has 0 aliphatic carbocycles. The lowest BCUT2D eigenvalue weighted by Crippen LogP contribution is -2.38. The van der Waals surface area contributed by atoms with Gasteiger partial charge in [0.25, 0.3) is 0 Å². The lowest BCUT2D eigenvalue weighted by molar-refractivity contribution is 0.413. The van der Waals surface area contributed by atoms with Gasteiger partial charge in [-0.2, -0.15) is 4.31 Å². The predicted octanol–water partition coefficient (Wildman–Crippen LogP) is 1.84. The molecule has 0 bridgehead atoms. The molecular formula is C11H16BrNO3S2. The van der Waals surface area contributed by atoms with Crippen molar-refractivity contribution in [2.75, 3.05) is 19.1 Å². The molecule has 0 unspecified atom stereocenters. The average molecular weight is 354 g/mol. The van der Waals surface area contributed by atoms with Crippen molar-refractivity contribution >= 4 is 36.8 Å². The van der Waals surface area contributed by atoms with Crippen LogP contribution < -0.4 is 0 Å². The van der Waals surface area contributed by atoms with Crippen LogP contribution in [-0.4, -0.2) is 42.0 Å². The molecule has 0 aromatic heterocycles. The van der Waals surface area contributed by atoms with Crippen LogP contribution in [0.1, 0.15) is 6.92 Å². The third-order valence-corrected chi connectivity index (χ3v) is 5.98. The molecule has 4 nitrogen and oxygen atoms in total. The lowest BCUT2D eigenvalue weighted by atomic mass is 10.4. The van der Waals surface area contributed by atoms with Crippen molar-refractivity contribution in [3.05, 3.63) is 28.7 Å². The van der Waals surface area contributed by atoms with Gasteiger partial charge in [0.2, 0.25) is 10.0 Å². The Bertz CT molecular complexity index is 545. The van der Waals surface area contributed by atoms with Gasteiger partial charge in [0.1, 0.15) is 0 Å². The molecule has 0 N–H and O–H groups in total. The molecule has 7 heteroatoms. The van der Waals surface area contributed by atoms with E-state index in [1.54, 1.807) is 37.4 Å². The minimum atomic E-state index is -3.54. The summed E-state index contributed by atoms with van der Waals surface area (Å²) in [6.45, 7) is 1.75. The van der Waals surface area contributed by atoms with Crippen LogP contribution in [0.15, 0.2) is 33.6 Å². The lowest BCUT2D eigenvalue weighted by Gasteiger charge is -2.23. The molecule has 18 heavy (non-hydrogen) atoms. The van der Waals surface area contributed by atoms with Crippen LogP contribution in [0.3, 0.4) is 0 Å². The number of rotatable bonds is 5. The monoisotopic (exact) mass is 353 g/mol. The molecule has 0 radical (unpaired) electrons. The van der Waals surface area contributed by atoms with Gasteiger partial charge in [-0.15, -0.1) is 0 Å². The van der Waals surface area contributed by atoms with Crippen molar-refractivity contribution in [2.24, 2.45) is 0 Å². The Morgan fingerprint density at radius 3 is 2.56 bits per heavy atom. The van der Waals surface area contributed by atoms with E-state index in [0.717, 1.165) is 0 Å². The van der Waals surface area contributed by atoms with E-state index in [4.69, 9.17) is 0 Å². The Morgan fingerprint density at radius 2 is 2.06 bits per heavy atom. The number of nitrogens with zero attached hydrogens (tertiary/aromatic N) is 1. The molecule has 0 aliphatic rings. The second kappa shape index (κ2) is 6.27. The van der Waals surface area contributed by atoms with Gasteiger partial charge in [-0.3, -0.25) is 4.21 Å². The summed E-state index contributed by atoms with van der Waals surface area (Å²) in [4.78, 5) is 0.230. The van der Waals surface area contributed by atoms with Crippen molar-refractivity contribution in [1.82, 2.24) is 4.31 Å². The highest BCUT2D eigenvalue weighted by atomic mass is 79.9. The molecule has 1 aromatic rings. The van der Waals surface area contributed by atoms with E-state index < -0.39 is 20.8 Å². The number of hydrogen-bond donors (Lipinski definition) is 0. The van der Waals surface area contributed by atoms with Gasteiger partial charge in [-0.1, -0.05) is 22.0 Å². The first kappa shape index (κ1) is 15.8. The van der Waals surface area contributed by atoms with E-state index in [9.17, 15) is 12.6 Å². The highest BCUT2D eigenvalue weighted by molar-refractivity contribution is 9.10. The zero-order chi connectivity index (χ0) is 13.9. The Balaban J connectivity index is 3.03. The van der Waals surface area contributed by atoms with Crippen LogP contribution in [0.25, 0.3) is 0 Å². The zero-order valence-corrected chi connectivity index (χ0v) is 13.7. The largest absolute Gasteiger partial charge is 0.260 e. The summed E-state index contributed by atoms with van der Waals surface area (Å²) in [5.74, 6) is 0.323. The summed E-state index contributed by atoms with van der Waals surface area (Å²) in [5, 5.41) is 0. The first-order valence-electron chi connectivity index (χ1n) is 5.28. The topological polar surface area (TPSA) is 54.5 Å². The maximum absolute atomic E-state index is 12.3. The van der Waals surface area contributed by atoms with E-state index in [0.29, 0.717) is 10.2 Å². The van der Waals surface area contributed by atoms with Gasteiger partial charge in [0.05, 0.1) is 4.90 Å². The molecule has 1 rings (SSSR count). The zero-order valence-electron chi connectivity index (χ0n) is 10.5. The Labute approximate surface area is 119 Å². The van der Waals surface area contributed by atoms with Gasteiger partial charge in [-0.25, -0.2) is 8.42 Å². The fourth-order valence-electron chi connectivity index (χ4n) is 1.48. The number of benzene rings is 1. The minimum absolute atomic E-state index is 0.230. The van der Waals surface area contributed by atoms with Gasteiger partial charge >= 0.3 is 0 Å². The van der Waals surface area contributed by atoms with Crippen molar-refractivity contribution in [3.8, 4) is 0 Å². The van der Waals surface area contributed by atoms with Gasteiger partial charge in [-0.05, 0) is 25.1 Å². The first-order valence-corrected chi connectivity index (χ1v) is 9.25. The maximum atomic E-state index is 12.3. The Morgan fingerprint density at radius 1 is 1.44 bits per heavy atom. The predicted molar refractivity (Wildman–Crippen MR) is 77.5 cm³/mol. The number of halogens is 1.